The maximum absolute atomic E-state index is 13.1. The predicted octanol–water partition coefficient (Wildman–Crippen LogP) is 3.10. The van der Waals surface area contributed by atoms with Crippen molar-refractivity contribution < 1.29 is 9.18 Å². The Balaban J connectivity index is 1.82. The van der Waals surface area contributed by atoms with Crippen LogP contribution in [0.25, 0.3) is 0 Å². The van der Waals surface area contributed by atoms with Crippen molar-refractivity contribution in [2.75, 3.05) is 0 Å². The van der Waals surface area contributed by atoms with Crippen LogP contribution in [0, 0.1) is 12.7 Å². The van der Waals surface area contributed by atoms with Crippen LogP contribution in [0.2, 0.25) is 0 Å². The summed E-state index contributed by atoms with van der Waals surface area (Å²) in [6.45, 7) is 1.87. The second kappa shape index (κ2) is 6.11. The molecule has 1 aromatic carbocycles. The number of amides is 1. The van der Waals surface area contributed by atoms with Gasteiger partial charge in [-0.1, -0.05) is 35.2 Å². The van der Waals surface area contributed by atoms with Gasteiger partial charge in [0.25, 0.3) is 0 Å². The van der Waals surface area contributed by atoms with E-state index < -0.39 is 5.25 Å². The molecule has 1 heterocycles. The molecule has 1 aliphatic carbocycles. The van der Waals surface area contributed by atoms with Gasteiger partial charge in [-0.25, -0.2) is 4.39 Å². The maximum atomic E-state index is 13.1. The lowest BCUT2D eigenvalue weighted by Gasteiger charge is -2.15. The summed E-state index contributed by atoms with van der Waals surface area (Å²) in [5.41, 5.74) is 0.771. The highest BCUT2D eigenvalue weighted by atomic mass is 32.2. The van der Waals surface area contributed by atoms with Crippen molar-refractivity contribution in [3.05, 3.63) is 40.7 Å². The summed E-state index contributed by atoms with van der Waals surface area (Å²) >= 11 is 2.81. The zero-order valence-corrected chi connectivity index (χ0v) is 13.0. The molecule has 110 valence electrons. The van der Waals surface area contributed by atoms with Crippen LogP contribution in [-0.2, 0) is 4.79 Å². The SMILES string of the molecule is Cc1nnc(SC(C(=O)NC2CC2)c2ccc(F)cc2)s1. The van der Waals surface area contributed by atoms with Gasteiger partial charge in [-0.05, 0) is 37.5 Å². The summed E-state index contributed by atoms with van der Waals surface area (Å²) in [7, 11) is 0. The van der Waals surface area contributed by atoms with E-state index in [2.05, 4.69) is 15.5 Å². The second-order valence-corrected chi connectivity index (χ2v) is 7.45. The molecule has 1 atom stereocenters. The Kier molecular flexibility index (Phi) is 4.21. The number of benzene rings is 1. The quantitative estimate of drug-likeness (QED) is 0.859. The first-order valence-corrected chi connectivity index (χ1v) is 8.34. The maximum Gasteiger partial charge on any atom is 0.238 e. The van der Waals surface area contributed by atoms with Crippen molar-refractivity contribution >= 4 is 29.0 Å². The van der Waals surface area contributed by atoms with Gasteiger partial charge in [0.2, 0.25) is 5.91 Å². The Morgan fingerprint density at radius 3 is 2.67 bits per heavy atom. The van der Waals surface area contributed by atoms with E-state index in [1.165, 1.54) is 35.2 Å². The van der Waals surface area contributed by atoms with E-state index in [0.717, 1.165) is 27.8 Å². The average Bonchev–Trinajstić information content (AvgIpc) is 3.18. The molecule has 3 rings (SSSR count). The molecule has 0 aliphatic heterocycles. The number of hydrogen-bond acceptors (Lipinski definition) is 5. The highest BCUT2D eigenvalue weighted by Crippen LogP contribution is 2.37. The summed E-state index contributed by atoms with van der Waals surface area (Å²) < 4.78 is 13.8. The van der Waals surface area contributed by atoms with Gasteiger partial charge in [0.1, 0.15) is 16.1 Å². The number of carbonyl (C=O) groups excluding carboxylic acids is 1. The van der Waals surface area contributed by atoms with Crippen LogP contribution in [0.3, 0.4) is 0 Å². The number of carbonyl (C=O) groups is 1. The molecule has 1 unspecified atom stereocenters. The fourth-order valence-corrected chi connectivity index (χ4v) is 3.86. The molecule has 1 aliphatic rings. The fraction of sp³-hybridized carbons (Fsp3) is 0.357. The number of halogens is 1. The first-order chi connectivity index (χ1) is 10.1. The first kappa shape index (κ1) is 14.5. The number of nitrogens with zero attached hydrogens (tertiary/aromatic N) is 2. The molecule has 0 saturated heterocycles. The van der Waals surface area contributed by atoms with Crippen LogP contribution >= 0.6 is 23.1 Å². The lowest BCUT2D eigenvalue weighted by atomic mass is 10.1. The van der Waals surface area contributed by atoms with Crippen molar-refractivity contribution in [2.45, 2.75) is 35.4 Å². The Hall–Kier alpha value is -1.47. The molecule has 4 nitrogen and oxygen atoms in total. The van der Waals surface area contributed by atoms with Crippen LogP contribution in [0.4, 0.5) is 4.39 Å². The van der Waals surface area contributed by atoms with Crippen molar-refractivity contribution in [3.8, 4) is 0 Å². The average molecular weight is 323 g/mol. The van der Waals surface area contributed by atoms with Gasteiger partial charge in [0.05, 0.1) is 0 Å². The van der Waals surface area contributed by atoms with Crippen LogP contribution in [-0.4, -0.2) is 22.1 Å². The number of aryl methyl sites for hydroxylation is 1. The standard InChI is InChI=1S/C14H14FN3OS2/c1-8-17-18-14(20-8)21-12(13(19)16-11-6-7-11)9-2-4-10(15)5-3-9/h2-5,11-12H,6-7H2,1H3,(H,16,19). The van der Waals surface area contributed by atoms with Gasteiger partial charge in [0, 0.05) is 6.04 Å². The topological polar surface area (TPSA) is 54.9 Å². The Morgan fingerprint density at radius 2 is 2.10 bits per heavy atom. The molecule has 1 fully saturated rings. The molecule has 7 heteroatoms. The Morgan fingerprint density at radius 1 is 1.38 bits per heavy atom. The van der Waals surface area contributed by atoms with Crippen LogP contribution in [0.5, 0.6) is 0 Å². The second-order valence-electron chi connectivity index (χ2n) is 4.92. The third-order valence-corrected chi connectivity index (χ3v) is 5.24. The smallest absolute Gasteiger partial charge is 0.238 e. The van der Waals surface area contributed by atoms with Gasteiger partial charge >= 0.3 is 0 Å². The molecular weight excluding hydrogens is 309 g/mol. The monoisotopic (exact) mass is 323 g/mol. The van der Waals surface area contributed by atoms with Crippen molar-refractivity contribution in [3.63, 3.8) is 0 Å². The predicted molar refractivity (Wildman–Crippen MR) is 80.8 cm³/mol. The lowest BCUT2D eigenvalue weighted by Crippen LogP contribution is -2.29. The number of aromatic nitrogens is 2. The van der Waals surface area contributed by atoms with Crippen LogP contribution < -0.4 is 5.32 Å². The van der Waals surface area contributed by atoms with E-state index in [1.54, 1.807) is 12.1 Å². The molecule has 0 radical (unpaired) electrons. The zero-order valence-electron chi connectivity index (χ0n) is 11.4. The van der Waals surface area contributed by atoms with Crippen molar-refractivity contribution in [1.82, 2.24) is 15.5 Å². The molecule has 0 bridgehead atoms. The number of hydrogen-bond donors (Lipinski definition) is 1. The normalized spacial score (nSPS) is 15.7. The largest absolute Gasteiger partial charge is 0.352 e. The van der Waals surface area contributed by atoms with Gasteiger partial charge in [-0.3, -0.25) is 4.79 Å². The number of thioether (sulfide) groups is 1. The van der Waals surface area contributed by atoms with Gasteiger partial charge in [0.15, 0.2) is 4.34 Å². The van der Waals surface area contributed by atoms with E-state index >= 15 is 0 Å². The molecule has 1 N–H and O–H groups in total. The third kappa shape index (κ3) is 3.79. The first-order valence-electron chi connectivity index (χ1n) is 6.64. The van der Waals surface area contributed by atoms with E-state index in [4.69, 9.17) is 0 Å². The Bertz CT molecular complexity index is 640. The number of nitrogens with one attached hydrogen (secondary N) is 1. The van der Waals surface area contributed by atoms with Crippen molar-refractivity contribution in [1.29, 1.82) is 0 Å². The number of rotatable bonds is 5. The summed E-state index contributed by atoms with van der Waals surface area (Å²) in [4.78, 5) is 12.4. The molecule has 0 spiro atoms. The molecule has 2 aromatic rings. The van der Waals surface area contributed by atoms with Crippen LogP contribution in [0.15, 0.2) is 28.6 Å². The van der Waals surface area contributed by atoms with Crippen molar-refractivity contribution in [2.24, 2.45) is 0 Å². The summed E-state index contributed by atoms with van der Waals surface area (Å²) in [6, 6.07) is 6.33. The zero-order chi connectivity index (χ0) is 14.8. The molecule has 1 aromatic heterocycles. The van der Waals surface area contributed by atoms with Gasteiger partial charge in [-0.2, -0.15) is 0 Å². The van der Waals surface area contributed by atoms with Crippen LogP contribution in [0.1, 0.15) is 28.7 Å². The van der Waals surface area contributed by atoms with E-state index in [1.807, 2.05) is 6.92 Å². The molecule has 1 saturated carbocycles. The summed E-state index contributed by atoms with van der Waals surface area (Å²) in [5, 5.41) is 11.4. The van der Waals surface area contributed by atoms with E-state index in [-0.39, 0.29) is 17.8 Å². The van der Waals surface area contributed by atoms with E-state index in [9.17, 15) is 9.18 Å². The minimum absolute atomic E-state index is 0.0537. The third-order valence-electron chi connectivity index (χ3n) is 3.06. The minimum Gasteiger partial charge on any atom is -0.352 e. The van der Waals surface area contributed by atoms with Gasteiger partial charge in [-0.15, -0.1) is 10.2 Å². The highest BCUT2D eigenvalue weighted by molar-refractivity contribution is 8.01. The summed E-state index contributed by atoms with van der Waals surface area (Å²) in [5.74, 6) is -0.362. The Labute approximate surface area is 130 Å². The highest BCUT2D eigenvalue weighted by Gasteiger charge is 2.29. The van der Waals surface area contributed by atoms with E-state index in [0.29, 0.717) is 0 Å². The molecule has 21 heavy (non-hydrogen) atoms. The lowest BCUT2D eigenvalue weighted by molar-refractivity contribution is -0.120. The fourth-order valence-electron chi connectivity index (χ4n) is 1.84. The molecule has 1 amide bonds. The minimum atomic E-state index is -0.432. The molecular formula is C14H14FN3OS2. The summed E-state index contributed by atoms with van der Waals surface area (Å²) in [6.07, 6.45) is 2.06. The van der Waals surface area contributed by atoms with Gasteiger partial charge < -0.3 is 5.32 Å².